The Morgan fingerprint density at radius 1 is 0.943 bits per heavy atom. The van der Waals surface area contributed by atoms with Crippen LogP contribution in [0.15, 0.2) is 72.9 Å². The molecule has 2 atom stereocenters. The molecule has 0 radical (unpaired) electrons. The lowest BCUT2D eigenvalue weighted by Gasteiger charge is -2.28. The molecule has 1 aliphatic heterocycles. The van der Waals surface area contributed by atoms with Crippen molar-refractivity contribution in [2.75, 3.05) is 4.90 Å². The van der Waals surface area contributed by atoms with E-state index in [0.29, 0.717) is 0 Å². The van der Waals surface area contributed by atoms with Crippen molar-refractivity contribution in [3.8, 4) is 5.69 Å². The summed E-state index contributed by atoms with van der Waals surface area (Å²) in [5, 5.41) is 4.32. The van der Waals surface area contributed by atoms with E-state index >= 15 is 0 Å². The highest BCUT2D eigenvalue weighted by Gasteiger charge is 2.42. The highest BCUT2D eigenvalue weighted by molar-refractivity contribution is 7.80. The molecule has 0 amide bonds. The first kappa shape index (κ1) is 23.3. The Hall–Kier alpha value is -3.44. The lowest BCUT2D eigenvalue weighted by molar-refractivity contribution is 0.565. The summed E-state index contributed by atoms with van der Waals surface area (Å²) in [6.45, 7) is 11.0. The minimum Gasteiger partial charge on any atom is -0.351 e. The Labute approximate surface area is 213 Å². The van der Waals surface area contributed by atoms with E-state index in [1.165, 1.54) is 39.3 Å². The van der Waals surface area contributed by atoms with Gasteiger partial charge >= 0.3 is 0 Å². The lowest BCUT2D eigenvalue weighted by Crippen LogP contribution is -2.29. The van der Waals surface area contributed by atoms with Gasteiger partial charge in [-0.25, -0.2) is 0 Å². The van der Waals surface area contributed by atoms with Gasteiger partial charge in [0.05, 0.1) is 23.5 Å². The molecule has 4 aromatic rings. The van der Waals surface area contributed by atoms with Crippen LogP contribution in [0.4, 0.5) is 5.69 Å². The molecule has 1 saturated heterocycles. The van der Waals surface area contributed by atoms with Crippen molar-refractivity contribution in [3.05, 3.63) is 112 Å². The summed E-state index contributed by atoms with van der Waals surface area (Å²) in [5.41, 5.74) is 11.0. The Balaban J connectivity index is 1.71. The van der Waals surface area contributed by atoms with Crippen LogP contribution in [0.3, 0.4) is 0 Å². The van der Waals surface area contributed by atoms with Crippen LogP contribution in [0.25, 0.3) is 5.69 Å². The summed E-state index contributed by atoms with van der Waals surface area (Å²) in [7, 11) is 0. The van der Waals surface area contributed by atoms with Crippen LogP contribution in [0.5, 0.6) is 0 Å². The molecule has 5 heteroatoms. The molecule has 0 unspecified atom stereocenters. The zero-order valence-electron chi connectivity index (χ0n) is 21.0. The topological polar surface area (TPSA) is 33.1 Å². The first-order chi connectivity index (χ1) is 16.9. The van der Waals surface area contributed by atoms with Gasteiger partial charge in [-0.1, -0.05) is 48.9 Å². The Kier molecular flexibility index (Phi) is 6.20. The fourth-order valence-corrected chi connectivity index (χ4v) is 5.76. The van der Waals surface area contributed by atoms with E-state index in [1.54, 1.807) is 0 Å². The summed E-state index contributed by atoms with van der Waals surface area (Å²) >= 11 is 5.93. The van der Waals surface area contributed by atoms with Crippen molar-refractivity contribution in [3.63, 3.8) is 0 Å². The number of thiocarbonyl (C=S) groups is 1. The molecule has 2 aromatic heterocycles. The Morgan fingerprint density at radius 3 is 2.40 bits per heavy atom. The summed E-state index contributed by atoms with van der Waals surface area (Å²) in [4.78, 5) is 6.98. The molecule has 1 aliphatic rings. The third-order valence-corrected chi connectivity index (χ3v) is 7.44. The summed E-state index contributed by atoms with van der Waals surface area (Å²) in [6, 6.07) is 23.6. The number of aromatic nitrogens is 2. The summed E-state index contributed by atoms with van der Waals surface area (Å²) in [6.07, 6.45) is 2.85. The highest BCUT2D eigenvalue weighted by Crippen LogP contribution is 2.44. The second kappa shape index (κ2) is 9.31. The summed E-state index contributed by atoms with van der Waals surface area (Å²) < 4.78 is 2.42. The van der Waals surface area contributed by atoms with E-state index in [1.807, 2.05) is 18.3 Å². The van der Waals surface area contributed by atoms with Crippen molar-refractivity contribution in [1.82, 2.24) is 14.9 Å². The van der Waals surface area contributed by atoms with Crippen molar-refractivity contribution in [2.24, 2.45) is 0 Å². The van der Waals surface area contributed by atoms with E-state index in [-0.39, 0.29) is 12.1 Å². The second-order valence-corrected chi connectivity index (χ2v) is 9.82. The SMILES string of the molecule is CCc1cccc(C)c1-n1c(C)cc([C@H]2[C@@H](c3ccccn3)NC(=S)N2c2ccc(C)cc2)c1C. The first-order valence-corrected chi connectivity index (χ1v) is 12.7. The number of pyridine rings is 1. The number of benzene rings is 2. The second-order valence-electron chi connectivity index (χ2n) is 9.43. The van der Waals surface area contributed by atoms with E-state index in [0.717, 1.165) is 22.9 Å². The zero-order valence-corrected chi connectivity index (χ0v) is 21.9. The van der Waals surface area contributed by atoms with Crippen molar-refractivity contribution < 1.29 is 0 Å². The minimum absolute atomic E-state index is 0.0193. The number of rotatable bonds is 5. The molecule has 35 heavy (non-hydrogen) atoms. The molecular weight excluding hydrogens is 448 g/mol. The van der Waals surface area contributed by atoms with Gasteiger partial charge in [0, 0.05) is 23.3 Å². The lowest BCUT2D eigenvalue weighted by atomic mass is 9.96. The number of nitrogens with zero attached hydrogens (tertiary/aromatic N) is 3. The van der Waals surface area contributed by atoms with Gasteiger partial charge in [0.2, 0.25) is 0 Å². The number of para-hydroxylation sites is 1. The van der Waals surface area contributed by atoms with Gasteiger partial charge in [0.1, 0.15) is 0 Å². The largest absolute Gasteiger partial charge is 0.351 e. The van der Waals surface area contributed by atoms with Crippen LogP contribution in [0.1, 0.15) is 58.3 Å². The minimum atomic E-state index is -0.0542. The molecule has 5 rings (SSSR count). The predicted octanol–water partition coefficient (Wildman–Crippen LogP) is 6.85. The maximum Gasteiger partial charge on any atom is 0.174 e. The monoisotopic (exact) mass is 480 g/mol. The quantitative estimate of drug-likeness (QED) is 0.317. The molecule has 3 heterocycles. The highest BCUT2D eigenvalue weighted by atomic mass is 32.1. The van der Waals surface area contributed by atoms with Crippen LogP contribution in [0, 0.1) is 27.7 Å². The maximum absolute atomic E-state index is 5.93. The average molecular weight is 481 g/mol. The van der Waals surface area contributed by atoms with Crippen molar-refractivity contribution in [1.29, 1.82) is 0 Å². The Morgan fingerprint density at radius 2 is 1.71 bits per heavy atom. The molecule has 1 fully saturated rings. The predicted molar refractivity (Wildman–Crippen MR) is 148 cm³/mol. The van der Waals surface area contributed by atoms with Gasteiger partial charge in [0.15, 0.2) is 5.11 Å². The fourth-order valence-electron chi connectivity index (χ4n) is 5.41. The molecular formula is C30H32N4S. The molecule has 4 nitrogen and oxygen atoms in total. The maximum atomic E-state index is 5.93. The normalized spacial score (nSPS) is 17.6. The van der Waals surface area contributed by atoms with Gasteiger partial charge in [0.25, 0.3) is 0 Å². The number of nitrogens with one attached hydrogen (secondary N) is 1. The average Bonchev–Trinajstić information content (AvgIpc) is 3.35. The van der Waals surface area contributed by atoms with Gasteiger partial charge in [-0.3, -0.25) is 4.98 Å². The number of hydrogen-bond acceptors (Lipinski definition) is 2. The molecule has 0 aliphatic carbocycles. The van der Waals surface area contributed by atoms with E-state index < -0.39 is 0 Å². The van der Waals surface area contributed by atoms with Crippen LogP contribution in [-0.2, 0) is 6.42 Å². The van der Waals surface area contributed by atoms with Gasteiger partial charge < -0.3 is 14.8 Å². The zero-order chi connectivity index (χ0) is 24.7. The fraction of sp³-hybridized carbons (Fsp3) is 0.267. The standard InChI is InChI=1S/C30H32N4S/c1-6-23-11-9-10-20(3)28(23)33-21(4)18-25(22(33)5)29-27(26-12-7-8-17-31-26)32-30(35)34(29)24-15-13-19(2)14-16-24/h7-18,27,29H,6H2,1-5H3,(H,32,35)/t27-,29+/m1/s1. The molecule has 2 aromatic carbocycles. The van der Waals surface area contributed by atoms with Gasteiger partial charge in [-0.15, -0.1) is 0 Å². The molecule has 0 saturated carbocycles. The van der Waals surface area contributed by atoms with Crippen LogP contribution < -0.4 is 10.2 Å². The number of aryl methyl sites for hydroxylation is 4. The Bertz CT molecular complexity index is 1370. The van der Waals surface area contributed by atoms with E-state index in [2.05, 4.69) is 104 Å². The van der Waals surface area contributed by atoms with E-state index in [4.69, 9.17) is 17.2 Å². The third kappa shape index (κ3) is 4.04. The van der Waals surface area contributed by atoms with Gasteiger partial charge in [-0.2, -0.15) is 0 Å². The van der Waals surface area contributed by atoms with Crippen molar-refractivity contribution in [2.45, 2.75) is 53.1 Å². The molecule has 0 spiro atoms. The van der Waals surface area contributed by atoms with Crippen LogP contribution >= 0.6 is 12.2 Å². The summed E-state index contributed by atoms with van der Waals surface area (Å²) in [5.74, 6) is 0. The van der Waals surface area contributed by atoms with Gasteiger partial charge in [-0.05, 0) is 93.4 Å². The molecule has 178 valence electrons. The van der Waals surface area contributed by atoms with Crippen molar-refractivity contribution >= 4 is 23.0 Å². The third-order valence-electron chi connectivity index (χ3n) is 7.12. The molecule has 0 bridgehead atoms. The van der Waals surface area contributed by atoms with Crippen LogP contribution in [0.2, 0.25) is 0 Å². The molecule has 1 N–H and O–H groups in total. The van der Waals surface area contributed by atoms with Crippen LogP contribution in [-0.4, -0.2) is 14.7 Å². The smallest absolute Gasteiger partial charge is 0.174 e. The first-order valence-electron chi connectivity index (χ1n) is 12.3. The number of hydrogen-bond donors (Lipinski definition) is 1. The number of anilines is 1. The van der Waals surface area contributed by atoms with E-state index in [9.17, 15) is 0 Å².